The van der Waals surface area contributed by atoms with Gasteiger partial charge in [-0.15, -0.1) is 0 Å². The van der Waals surface area contributed by atoms with Crippen LogP contribution in [0.15, 0.2) is 12.2 Å². The second-order valence-electron chi connectivity index (χ2n) is 2.34. The van der Waals surface area contributed by atoms with Gasteiger partial charge in [0.25, 0.3) is 0 Å². The molecule has 0 N–H and O–H groups in total. The monoisotopic (exact) mass is 110 g/mol. The Morgan fingerprint density at radius 3 is 1.38 bits per heavy atom. The van der Waals surface area contributed by atoms with Crippen molar-refractivity contribution in [2.24, 2.45) is 11.8 Å². The van der Waals surface area contributed by atoms with Gasteiger partial charge in [0.2, 0.25) is 0 Å². The summed E-state index contributed by atoms with van der Waals surface area (Å²) in [7, 11) is 0. The second-order valence-corrected chi connectivity index (χ2v) is 2.34. The highest BCUT2D eigenvalue weighted by molar-refractivity contribution is 4.91. The fourth-order valence-corrected chi connectivity index (χ4v) is 0.379. The second kappa shape index (κ2) is 3.71. The number of rotatable bonds is 2. The predicted molar refractivity (Wildman–Crippen MR) is 38.2 cm³/mol. The zero-order chi connectivity index (χ0) is 6.57. The molecule has 0 aliphatic rings. The molecule has 0 spiro atoms. The fourth-order valence-electron chi connectivity index (χ4n) is 0.379. The van der Waals surface area contributed by atoms with Crippen LogP contribution in [0.4, 0.5) is 0 Å². The SMILES string of the molecule is [CH2]C(C)/C=C\C([CH2])C. The minimum Gasteiger partial charge on any atom is -0.0854 e. The Hall–Kier alpha value is -0.260. The molecule has 0 aromatic heterocycles. The minimum atomic E-state index is 0.416. The lowest BCUT2D eigenvalue weighted by Crippen LogP contribution is -1.82. The maximum Gasteiger partial charge on any atom is -0.0262 e. The Kier molecular flexibility index (Phi) is 3.59. The van der Waals surface area contributed by atoms with E-state index in [1.807, 2.05) is 0 Å². The van der Waals surface area contributed by atoms with Crippen LogP contribution in [-0.4, -0.2) is 0 Å². The van der Waals surface area contributed by atoms with Gasteiger partial charge in [0.1, 0.15) is 0 Å². The van der Waals surface area contributed by atoms with Crippen molar-refractivity contribution >= 4 is 0 Å². The molecule has 0 heterocycles. The van der Waals surface area contributed by atoms with Crippen molar-refractivity contribution in [1.29, 1.82) is 0 Å². The van der Waals surface area contributed by atoms with Gasteiger partial charge in [-0.05, 0) is 25.7 Å². The summed E-state index contributed by atoms with van der Waals surface area (Å²) in [5.74, 6) is 0.832. The predicted octanol–water partition coefficient (Wildman–Crippen LogP) is 2.48. The Bertz CT molecular complexity index is 58.1. The Morgan fingerprint density at radius 2 is 1.25 bits per heavy atom. The largest absolute Gasteiger partial charge is 0.0854 e. The van der Waals surface area contributed by atoms with Gasteiger partial charge in [0.05, 0.1) is 0 Å². The molecule has 8 heavy (non-hydrogen) atoms. The first kappa shape index (κ1) is 7.74. The van der Waals surface area contributed by atoms with Crippen molar-refractivity contribution in [2.45, 2.75) is 13.8 Å². The van der Waals surface area contributed by atoms with Gasteiger partial charge in [0, 0.05) is 0 Å². The van der Waals surface area contributed by atoms with Gasteiger partial charge in [-0.1, -0.05) is 26.0 Å². The van der Waals surface area contributed by atoms with Crippen LogP contribution in [0.25, 0.3) is 0 Å². The van der Waals surface area contributed by atoms with Crippen LogP contribution in [0.3, 0.4) is 0 Å². The van der Waals surface area contributed by atoms with Crippen molar-refractivity contribution in [3.63, 3.8) is 0 Å². The average molecular weight is 110 g/mol. The number of hydrogen-bond donors (Lipinski definition) is 0. The highest BCUT2D eigenvalue weighted by Crippen LogP contribution is 1.98. The number of hydrogen-bond acceptors (Lipinski definition) is 0. The molecular formula is C8H14. The quantitative estimate of drug-likeness (QED) is 0.479. The Morgan fingerprint density at radius 1 is 1.00 bits per heavy atom. The summed E-state index contributed by atoms with van der Waals surface area (Å²) in [5, 5.41) is 0. The first-order valence-electron chi connectivity index (χ1n) is 2.97. The summed E-state index contributed by atoms with van der Waals surface area (Å²) in [6.45, 7) is 11.7. The van der Waals surface area contributed by atoms with E-state index in [4.69, 9.17) is 0 Å². The summed E-state index contributed by atoms with van der Waals surface area (Å²) in [6, 6.07) is 0. The van der Waals surface area contributed by atoms with Gasteiger partial charge in [-0.25, -0.2) is 0 Å². The standard InChI is InChI=1S/C8H14/c1-7(2)5-6-8(3)4/h5-8H,1,3H2,2,4H3/b6-5-. The van der Waals surface area contributed by atoms with E-state index in [0.29, 0.717) is 11.8 Å². The zero-order valence-electron chi connectivity index (χ0n) is 5.72. The maximum absolute atomic E-state index is 3.80. The molecule has 2 radical (unpaired) electrons. The van der Waals surface area contributed by atoms with E-state index < -0.39 is 0 Å². The molecule has 0 aromatic rings. The van der Waals surface area contributed by atoms with E-state index in [1.54, 1.807) is 0 Å². The van der Waals surface area contributed by atoms with Crippen LogP contribution < -0.4 is 0 Å². The first-order chi connectivity index (χ1) is 3.63. The lowest BCUT2D eigenvalue weighted by molar-refractivity contribution is 0.878. The molecule has 0 aromatic carbocycles. The summed E-state index contributed by atoms with van der Waals surface area (Å²) < 4.78 is 0. The Balaban J connectivity index is 3.34. The van der Waals surface area contributed by atoms with Crippen LogP contribution in [0, 0.1) is 25.7 Å². The van der Waals surface area contributed by atoms with E-state index in [0.717, 1.165) is 0 Å². The lowest BCUT2D eigenvalue weighted by Gasteiger charge is -1.95. The van der Waals surface area contributed by atoms with Gasteiger partial charge >= 0.3 is 0 Å². The van der Waals surface area contributed by atoms with Crippen LogP contribution in [-0.2, 0) is 0 Å². The van der Waals surface area contributed by atoms with Crippen molar-refractivity contribution in [1.82, 2.24) is 0 Å². The molecule has 0 rings (SSSR count). The van der Waals surface area contributed by atoms with Gasteiger partial charge in [-0.3, -0.25) is 0 Å². The maximum atomic E-state index is 3.80. The van der Waals surface area contributed by atoms with E-state index >= 15 is 0 Å². The molecule has 2 atom stereocenters. The topological polar surface area (TPSA) is 0 Å². The van der Waals surface area contributed by atoms with E-state index in [-0.39, 0.29) is 0 Å². The first-order valence-corrected chi connectivity index (χ1v) is 2.97. The summed E-state index contributed by atoms with van der Waals surface area (Å²) in [6.07, 6.45) is 4.13. The van der Waals surface area contributed by atoms with Gasteiger partial charge in [0.15, 0.2) is 0 Å². The highest BCUT2D eigenvalue weighted by Gasteiger charge is 1.85. The third kappa shape index (κ3) is 5.74. The average Bonchev–Trinajstić information content (AvgIpc) is 1.61. The van der Waals surface area contributed by atoms with Crippen LogP contribution in [0.1, 0.15) is 13.8 Å². The molecule has 0 amide bonds. The molecule has 46 valence electrons. The normalized spacial score (nSPS) is 12.2. The molecule has 0 aliphatic carbocycles. The molecular weight excluding hydrogens is 96.1 g/mol. The zero-order valence-corrected chi connectivity index (χ0v) is 5.72. The molecule has 0 aliphatic heterocycles. The smallest absolute Gasteiger partial charge is 0.0262 e. The van der Waals surface area contributed by atoms with Crippen molar-refractivity contribution < 1.29 is 0 Å². The number of allylic oxidation sites excluding steroid dienone is 2. The molecule has 0 fully saturated rings. The molecule has 0 heteroatoms. The summed E-state index contributed by atoms with van der Waals surface area (Å²) >= 11 is 0. The van der Waals surface area contributed by atoms with Crippen LogP contribution in [0.5, 0.6) is 0 Å². The molecule has 0 bridgehead atoms. The molecule has 2 unspecified atom stereocenters. The highest BCUT2D eigenvalue weighted by atomic mass is 13.9. The molecule has 0 saturated heterocycles. The Labute approximate surface area is 52.6 Å². The summed E-state index contributed by atoms with van der Waals surface area (Å²) in [5.41, 5.74) is 0. The van der Waals surface area contributed by atoms with E-state index in [2.05, 4.69) is 39.8 Å². The van der Waals surface area contributed by atoms with Crippen molar-refractivity contribution in [2.75, 3.05) is 0 Å². The minimum absolute atomic E-state index is 0.416. The lowest BCUT2D eigenvalue weighted by atomic mass is 10.1. The van der Waals surface area contributed by atoms with Crippen molar-refractivity contribution in [3.8, 4) is 0 Å². The van der Waals surface area contributed by atoms with Crippen LogP contribution >= 0.6 is 0 Å². The molecule has 0 nitrogen and oxygen atoms in total. The fraction of sp³-hybridized carbons (Fsp3) is 0.500. The third-order valence-corrected chi connectivity index (χ3v) is 0.768. The van der Waals surface area contributed by atoms with E-state index in [1.165, 1.54) is 0 Å². The summed E-state index contributed by atoms with van der Waals surface area (Å²) in [4.78, 5) is 0. The van der Waals surface area contributed by atoms with E-state index in [9.17, 15) is 0 Å². The van der Waals surface area contributed by atoms with Gasteiger partial charge < -0.3 is 0 Å². The van der Waals surface area contributed by atoms with Gasteiger partial charge in [-0.2, -0.15) is 0 Å². The molecule has 0 saturated carbocycles. The third-order valence-electron chi connectivity index (χ3n) is 0.768. The van der Waals surface area contributed by atoms with Crippen molar-refractivity contribution in [3.05, 3.63) is 26.0 Å². The van der Waals surface area contributed by atoms with Crippen LogP contribution in [0.2, 0.25) is 0 Å².